The average molecular weight is 408 g/mol. The minimum Gasteiger partial charge on any atom is -0.506 e. The number of nitrogen functional groups attached to an aromatic ring is 1. The maximum atomic E-state index is 13.0. The highest BCUT2D eigenvalue weighted by molar-refractivity contribution is 14.1. The molecule has 0 fully saturated rings. The molecule has 0 bridgehead atoms. The van der Waals surface area contributed by atoms with Crippen molar-refractivity contribution in [3.05, 3.63) is 45.8 Å². The van der Waals surface area contributed by atoms with Gasteiger partial charge in [0.2, 0.25) is 0 Å². The van der Waals surface area contributed by atoms with Crippen LogP contribution < -0.4 is 10.5 Å². The largest absolute Gasteiger partial charge is 0.506 e. The monoisotopic (exact) mass is 408 g/mol. The summed E-state index contributed by atoms with van der Waals surface area (Å²) in [7, 11) is -3.86. The fourth-order valence-electron chi connectivity index (χ4n) is 1.48. The van der Waals surface area contributed by atoms with Crippen LogP contribution >= 0.6 is 22.6 Å². The first-order chi connectivity index (χ1) is 9.29. The van der Waals surface area contributed by atoms with E-state index in [-0.39, 0.29) is 22.0 Å². The van der Waals surface area contributed by atoms with Gasteiger partial charge in [-0.1, -0.05) is 0 Å². The number of nitrogens with one attached hydrogen (secondary N) is 1. The number of rotatable bonds is 3. The second-order valence-corrected chi connectivity index (χ2v) is 6.79. The lowest BCUT2D eigenvalue weighted by atomic mass is 10.3. The molecule has 2 rings (SSSR count). The molecule has 0 radical (unpaired) electrons. The first kappa shape index (κ1) is 14.9. The van der Waals surface area contributed by atoms with Gasteiger partial charge in [0, 0.05) is 3.57 Å². The zero-order valence-electron chi connectivity index (χ0n) is 9.97. The number of phenolic OH excluding ortho intramolecular Hbond substituents is 1. The van der Waals surface area contributed by atoms with Crippen LogP contribution in [0, 0.1) is 9.39 Å². The predicted molar refractivity (Wildman–Crippen MR) is 82.4 cm³/mol. The Bertz CT molecular complexity index is 765. The van der Waals surface area contributed by atoms with Crippen molar-refractivity contribution in [3.8, 4) is 5.75 Å². The maximum absolute atomic E-state index is 13.0. The molecule has 0 aliphatic rings. The molecule has 2 aromatic rings. The lowest BCUT2D eigenvalue weighted by Gasteiger charge is -2.10. The summed E-state index contributed by atoms with van der Waals surface area (Å²) in [4.78, 5) is -0.0899. The Morgan fingerprint density at radius 1 is 1.20 bits per heavy atom. The summed E-state index contributed by atoms with van der Waals surface area (Å²) in [6.45, 7) is 0. The van der Waals surface area contributed by atoms with Gasteiger partial charge in [-0.15, -0.1) is 0 Å². The van der Waals surface area contributed by atoms with Crippen LogP contribution in [0.4, 0.5) is 15.8 Å². The third kappa shape index (κ3) is 3.12. The van der Waals surface area contributed by atoms with Gasteiger partial charge in [0.25, 0.3) is 10.0 Å². The third-order valence-electron chi connectivity index (χ3n) is 2.48. The molecular formula is C12H10FIN2O3S. The van der Waals surface area contributed by atoms with Crippen LogP contribution in [0.15, 0.2) is 41.3 Å². The van der Waals surface area contributed by atoms with Gasteiger partial charge in [-0.2, -0.15) is 0 Å². The van der Waals surface area contributed by atoms with Crippen molar-refractivity contribution in [2.75, 3.05) is 10.5 Å². The third-order valence-corrected chi connectivity index (χ3v) is 4.74. The summed E-state index contributed by atoms with van der Waals surface area (Å²) >= 11 is 1.83. The molecule has 0 aromatic heterocycles. The van der Waals surface area contributed by atoms with E-state index in [1.54, 1.807) is 0 Å². The number of nitrogens with two attached hydrogens (primary N) is 1. The number of hydrogen-bond acceptors (Lipinski definition) is 4. The fraction of sp³-hybridized carbons (Fsp3) is 0. The van der Waals surface area contributed by atoms with Crippen molar-refractivity contribution in [1.29, 1.82) is 0 Å². The van der Waals surface area contributed by atoms with E-state index in [0.29, 0.717) is 3.57 Å². The first-order valence-corrected chi connectivity index (χ1v) is 7.92. The molecule has 0 saturated heterocycles. The van der Waals surface area contributed by atoms with E-state index in [9.17, 15) is 17.9 Å². The summed E-state index contributed by atoms with van der Waals surface area (Å²) in [5.74, 6) is -0.647. The smallest absolute Gasteiger partial charge is 0.262 e. The van der Waals surface area contributed by atoms with Crippen molar-refractivity contribution >= 4 is 44.0 Å². The Morgan fingerprint density at radius 2 is 1.90 bits per heavy atom. The van der Waals surface area contributed by atoms with Gasteiger partial charge in [-0.05, 0) is 59.0 Å². The lowest BCUT2D eigenvalue weighted by Crippen LogP contribution is -2.14. The number of sulfonamides is 1. The van der Waals surface area contributed by atoms with Gasteiger partial charge >= 0.3 is 0 Å². The minimum absolute atomic E-state index is 0.0401. The van der Waals surface area contributed by atoms with Crippen LogP contribution in [-0.2, 0) is 10.0 Å². The standard InChI is InChI=1S/C12H10FIN2O3S/c13-7-1-3-11(9(14)5-7)16-20(18,19)8-2-4-12(17)10(15)6-8/h1-6,16-17H,15H2. The Morgan fingerprint density at radius 3 is 2.50 bits per heavy atom. The molecule has 8 heteroatoms. The molecule has 0 atom stereocenters. The van der Waals surface area contributed by atoms with Gasteiger partial charge in [0.05, 0.1) is 16.3 Å². The molecule has 0 heterocycles. The molecule has 0 amide bonds. The molecule has 106 valence electrons. The van der Waals surface area contributed by atoms with E-state index in [4.69, 9.17) is 5.73 Å². The number of hydrogen-bond donors (Lipinski definition) is 3. The molecule has 20 heavy (non-hydrogen) atoms. The fourth-order valence-corrected chi connectivity index (χ4v) is 3.39. The molecule has 0 aliphatic heterocycles. The van der Waals surface area contributed by atoms with E-state index >= 15 is 0 Å². The highest BCUT2D eigenvalue weighted by atomic mass is 127. The Labute approximate surface area is 128 Å². The second kappa shape index (κ2) is 5.44. The highest BCUT2D eigenvalue weighted by Gasteiger charge is 2.17. The minimum atomic E-state index is -3.86. The second-order valence-electron chi connectivity index (χ2n) is 3.95. The van der Waals surface area contributed by atoms with E-state index in [0.717, 1.165) is 12.1 Å². The zero-order chi connectivity index (χ0) is 14.9. The van der Waals surface area contributed by atoms with Crippen molar-refractivity contribution < 1.29 is 17.9 Å². The quantitative estimate of drug-likeness (QED) is 0.414. The Kier molecular flexibility index (Phi) is 4.04. The topological polar surface area (TPSA) is 92.4 Å². The summed E-state index contributed by atoms with van der Waals surface area (Å²) in [5.41, 5.74) is 5.69. The highest BCUT2D eigenvalue weighted by Crippen LogP contribution is 2.26. The molecule has 0 aliphatic carbocycles. The van der Waals surface area contributed by atoms with Crippen LogP contribution in [0.2, 0.25) is 0 Å². The van der Waals surface area contributed by atoms with E-state index < -0.39 is 15.8 Å². The van der Waals surface area contributed by atoms with Gasteiger partial charge in [0.15, 0.2) is 0 Å². The van der Waals surface area contributed by atoms with Crippen LogP contribution in [0.25, 0.3) is 0 Å². The molecule has 0 saturated carbocycles. The summed E-state index contributed by atoms with van der Waals surface area (Å²) in [6, 6.07) is 7.27. The Hall–Kier alpha value is -1.55. The lowest BCUT2D eigenvalue weighted by molar-refractivity contribution is 0.477. The van der Waals surface area contributed by atoms with Gasteiger partial charge in [-0.25, -0.2) is 12.8 Å². The number of phenols is 1. The van der Waals surface area contributed by atoms with Crippen molar-refractivity contribution in [2.24, 2.45) is 0 Å². The van der Waals surface area contributed by atoms with Gasteiger partial charge < -0.3 is 10.8 Å². The van der Waals surface area contributed by atoms with Crippen molar-refractivity contribution in [1.82, 2.24) is 0 Å². The first-order valence-electron chi connectivity index (χ1n) is 5.36. The molecule has 2 aromatic carbocycles. The predicted octanol–water partition coefficient (Wildman–Crippen LogP) is 2.52. The van der Waals surface area contributed by atoms with Crippen molar-refractivity contribution in [3.63, 3.8) is 0 Å². The number of halogens is 2. The number of benzene rings is 2. The normalized spacial score (nSPS) is 11.3. The molecular weight excluding hydrogens is 398 g/mol. The van der Waals surface area contributed by atoms with Crippen LogP contribution in [0.1, 0.15) is 0 Å². The molecule has 0 spiro atoms. The van der Waals surface area contributed by atoms with E-state index in [2.05, 4.69) is 4.72 Å². The molecule has 4 N–H and O–H groups in total. The molecule has 5 nitrogen and oxygen atoms in total. The summed E-state index contributed by atoms with van der Waals surface area (Å²) in [5, 5.41) is 9.29. The van der Waals surface area contributed by atoms with Crippen molar-refractivity contribution in [2.45, 2.75) is 4.90 Å². The van der Waals surface area contributed by atoms with E-state index in [1.165, 1.54) is 24.3 Å². The molecule has 0 unspecified atom stereocenters. The van der Waals surface area contributed by atoms with Crippen LogP contribution in [-0.4, -0.2) is 13.5 Å². The van der Waals surface area contributed by atoms with Gasteiger partial charge in [0.1, 0.15) is 11.6 Å². The average Bonchev–Trinajstić information content (AvgIpc) is 2.36. The summed E-state index contributed by atoms with van der Waals surface area (Å²) < 4.78 is 40.1. The van der Waals surface area contributed by atoms with Crippen LogP contribution in [0.3, 0.4) is 0 Å². The summed E-state index contributed by atoms with van der Waals surface area (Å²) in [6.07, 6.45) is 0. The maximum Gasteiger partial charge on any atom is 0.262 e. The number of anilines is 2. The van der Waals surface area contributed by atoms with Gasteiger partial charge in [-0.3, -0.25) is 4.72 Å². The van der Waals surface area contributed by atoms with E-state index in [1.807, 2.05) is 22.6 Å². The Balaban J connectivity index is 2.38. The number of aromatic hydroxyl groups is 1. The van der Waals surface area contributed by atoms with Crippen LogP contribution in [0.5, 0.6) is 5.75 Å². The SMILES string of the molecule is Nc1cc(S(=O)(=O)Nc2ccc(F)cc2I)ccc1O. The zero-order valence-corrected chi connectivity index (χ0v) is 12.9.